The minimum absolute atomic E-state index is 0.0212. The van der Waals surface area contributed by atoms with Crippen molar-refractivity contribution >= 4 is 6.03 Å². The molecule has 3 N–H and O–H groups in total. The fourth-order valence-electron chi connectivity index (χ4n) is 1.59. The second-order valence-corrected chi connectivity index (χ2v) is 3.80. The smallest absolute Gasteiger partial charge is 0.315 e. The van der Waals surface area contributed by atoms with Crippen LogP contribution < -0.4 is 16.0 Å². The number of carbonyl (C=O) groups is 1. The average molecular weight is 199 g/mol. The highest BCUT2D eigenvalue weighted by atomic mass is 16.2. The van der Waals surface area contributed by atoms with E-state index in [1.807, 2.05) is 0 Å². The van der Waals surface area contributed by atoms with E-state index in [-0.39, 0.29) is 6.03 Å². The van der Waals surface area contributed by atoms with Gasteiger partial charge in [0.05, 0.1) is 0 Å². The molecule has 1 unspecified atom stereocenters. The molecule has 0 bridgehead atoms. The monoisotopic (exact) mass is 199 g/mol. The average Bonchev–Trinajstić information content (AvgIpc) is 2.20. The molecule has 0 saturated carbocycles. The highest BCUT2D eigenvalue weighted by molar-refractivity contribution is 5.74. The standard InChI is InChI=1S/C10H21N3O/c1-2-3-7-12-10(14)13-9-5-4-6-11-8-9/h9,11H,2-8H2,1H3,(H2,12,13,14). The van der Waals surface area contributed by atoms with E-state index in [9.17, 15) is 4.79 Å². The van der Waals surface area contributed by atoms with Gasteiger partial charge in [0.25, 0.3) is 0 Å². The maximum absolute atomic E-state index is 11.3. The Morgan fingerprint density at radius 2 is 2.43 bits per heavy atom. The largest absolute Gasteiger partial charge is 0.338 e. The molecule has 0 aromatic heterocycles. The van der Waals surface area contributed by atoms with Gasteiger partial charge in [-0.15, -0.1) is 0 Å². The number of hydrogen-bond acceptors (Lipinski definition) is 2. The van der Waals surface area contributed by atoms with Crippen LogP contribution in [0, 0.1) is 0 Å². The Kier molecular flexibility index (Phi) is 5.37. The summed E-state index contributed by atoms with van der Waals surface area (Å²) in [5, 5.41) is 9.08. The molecule has 14 heavy (non-hydrogen) atoms. The first-order valence-electron chi connectivity index (χ1n) is 5.58. The van der Waals surface area contributed by atoms with E-state index in [4.69, 9.17) is 0 Å². The molecule has 1 heterocycles. The van der Waals surface area contributed by atoms with Crippen molar-refractivity contribution in [1.82, 2.24) is 16.0 Å². The van der Waals surface area contributed by atoms with Gasteiger partial charge in [-0.3, -0.25) is 0 Å². The van der Waals surface area contributed by atoms with E-state index in [2.05, 4.69) is 22.9 Å². The van der Waals surface area contributed by atoms with Crippen LogP contribution in [0.15, 0.2) is 0 Å². The SMILES string of the molecule is CCCCNC(=O)NC1CCCNC1. The second-order valence-electron chi connectivity index (χ2n) is 3.80. The van der Waals surface area contributed by atoms with E-state index in [0.29, 0.717) is 6.04 Å². The van der Waals surface area contributed by atoms with Crippen molar-refractivity contribution in [3.8, 4) is 0 Å². The van der Waals surface area contributed by atoms with E-state index in [1.165, 1.54) is 0 Å². The van der Waals surface area contributed by atoms with Gasteiger partial charge >= 0.3 is 6.03 Å². The summed E-state index contributed by atoms with van der Waals surface area (Å²) in [6.07, 6.45) is 4.41. The van der Waals surface area contributed by atoms with Crippen LogP contribution in [0.25, 0.3) is 0 Å². The zero-order valence-corrected chi connectivity index (χ0v) is 8.94. The van der Waals surface area contributed by atoms with Crippen LogP contribution in [0.3, 0.4) is 0 Å². The van der Waals surface area contributed by atoms with Gasteiger partial charge in [0.15, 0.2) is 0 Å². The Labute approximate surface area is 85.8 Å². The molecule has 82 valence electrons. The molecule has 0 aromatic rings. The maximum atomic E-state index is 11.3. The number of unbranched alkanes of at least 4 members (excludes halogenated alkanes) is 1. The van der Waals surface area contributed by atoms with E-state index >= 15 is 0 Å². The van der Waals surface area contributed by atoms with Crippen LogP contribution in [0.1, 0.15) is 32.6 Å². The van der Waals surface area contributed by atoms with E-state index in [1.54, 1.807) is 0 Å². The summed E-state index contributed by atoms with van der Waals surface area (Å²) in [5.74, 6) is 0. The van der Waals surface area contributed by atoms with E-state index in [0.717, 1.165) is 45.3 Å². The summed E-state index contributed by atoms with van der Waals surface area (Å²) >= 11 is 0. The van der Waals surface area contributed by atoms with Crippen LogP contribution in [-0.2, 0) is 0 Å². The molecular formula is C10H21N3O. The molecule has 1 rings (SSSR count). The predicted molar refractivity (Wildman–Crippen MR) is 57.3 cm³/mol. The van der Waals surface area contributed by atoms with Gasteiger partial charge < -0.3 is 16.0 Å². The zero-order valence-electron chi connectivity index (χ0n) is 8.94. The molecule has 2 amide bonds. The number of carbonyl (C=O) groups excluding carboxylic acids is 1. The molecule has 0 aromatic carbocycles. The van der Waals surface area contributed by atoms with Crippen LogP contribution >= 0.6 is 0 Å². The van der Waals surface area contributed by atoms with Crippen molar-refractivity contribution in [2.75, 3.05) is 19.6 Å². The quantitative estimate of drug-likeness (QED) is 0.588. The molecular weight excluding hydrogens is 178 g/mol. The van der Waals surface area contributed by atoms with Crippen molar-refractivity contribution in [2.24, 2.45) is 0 Å². The molecule has 0 spiro atoms. The topological polar surface area (TPSA) is 53.2 Å². The summed E-state index contributed by atoms with van der Waals surface area (Å²) in [6.45, 7) is 4.88. The van der Waals surface area contributed by atoms with Crippen LogP contribution in [0.5, 0.6) is 0 Å². The molecule has 0 aliphatic carbocycles. The first-order chi connectivity index (χ1) is 6.83. The van der Waals surface area contributed by atoms with Gasteiger partial charge in [0.2, 0.25) is 0 Å². The van der Waals surface area contributed by atoms with Gasteiger partial charge in [-0.2, -0.15) is 0 Å². The summed E-state index contributed by atoms with van der Waals surface area (Å²) < 4.78 is 0. The van der Waals surface area contributed by atoms with Gasteiger partial charge in [0, 0.05) is 19.1 Å². The molecule has 4 heteroatoms. The number of urea groups is 1. The lowest BCUT2D eigenvalue weighted by molar-refractivity contribution is 0.233. The van der Waals surface area contributed by atoms with Crippen LogP contribution in [0.2, 0.25) is 0 Å². The van der Waals surface area contributed by atoms with Gasteiger partial charge in [-0.05, 0) is 25.8 Å². The molecule has 4 nitrogen and oxygen atoms in total. The van der Waals surface area contributed by atoms with Gasteiger partial charge in [-0.25, -0.2) is 4.79 Å². The number of nitrogens with one attached hydrogen (secondary N) is 3. The molecule has 0 radical (unpaired) electrons. The lowest BCUT2D eigenvalue weighted by Crippen LogP contribution is -2.49. The van der Waals surface area contributed by atoms with Crippen LogP contribution in [-0.4, -0.2) is 31.7 Å². The Morgan fingerprint density at radius 3 is 3.07 bits per heavy atom. The first kappa shape index (κ1) is 11.3. The summed E-state index contributed by atoms with van der Waals surface area (Å²) in [6, 6.07) is 0.289. The predicted octanol–water partition coefficient (Wildman–Crippen LogP) is 0.838. The summed E-state index contributed by atoms with van der Waals surface area (Å²) in [4.78, 5) is 11.3. The number of piperidine rings is 1. The number of amides is 2. The maximum Gasteiger partial charge on any atom is 0.315 e. The lowest BCUT2D eigenvalue weighted by Gasteiger charge is -2.23. The number of rotatable bonds is 4. The van der Waals surface area contributed by atoms with Crippen molar-refractivity contribution in [2.45, 2.75) is 38.6 Å². The molecule has 1 atom stereocenters. The fourth-order valence-corrected chi connectivity index (χ4v) is 1.59. The normalized spacial score (nSPS) is 21.6. The van der Waals surface area contributed by atoms with Crippen molar-refractivity contribution < 1.29 is 4.79 Å². The fraction of sp³-hybridized carbons (Fsp3) is 0.900. The second kappa shape index (κ2) is 6.65. The third-order valence-corrected chi connectivity index (χ3v) is 2.45. The third kappa shape index (κ3) is 4.46. The molecule has 1 aliphatic rings. The Balaban J connectivity index is 2.06. The Morgan fingerprint density at radius 1 is 1.57 bits per heavy atom. The van der Waals surface area contributed by atoms with Crippen molar-refractivity contribution in [1.29, 1.82) is 0 Å². The molecule has 1 aliphatic heterocycles. The zero-order chi connectivity index (χ0) is 10.2. The van der Waals surface area contributed by atoms with Crippen molar-refractivity contribution in [3.05, 3.63) is 0 Å². The Bertz CT molecular complexity index is 167. The minimum Gasteiger partial charge on any atom is -0.338 e. The first-order valence-corrected chi connectivity index (χ1v) is 5.58. The molecule has 1 saturated heterocycles. The minimum atomic E-state index is -0.0212. The third-order valence-electron chi connectivity index (χ3n) is 2.45. The molecule has 1 fully saturated rings. The summed E-state index contributed by atoms with van der Waals surface area (Å²) in [7, 11) is 0. The highest BCUT2D eigenvalue weighted by Gasteiger charge is 2.14. The van der Waals surface area contributed by atoms with Gasteiger partial charge in [0.1, 0.15) is 0 Å². The van der Waals surface area contributed by atoms with E-state index < -0.39 is 0 Å². The summed E-state index contributed by atoms with van der Waals surface area (Å²) in [5.41, 5.74) is 0. The lowest BCUT2D eigenvalue weighted by atomic mass is 10.1. The van der Waals surface area contributed by atoms with Crippen molar-refractivity contribution in [3.63, 3.8) is 0 Å². The Hall–Kier alpha value is -0.770. The van der Waals surface area contributed by atoms with Gasteiger partial charge in [-0.1, -0.05) is 13.3 Å². The van der Waals surface area contributed by atoms with Crippen LogP contribution in [0.4, 0.5) is 4.79 Å². The highest BCUT2D eigenvalue weighted by Crippen LogP contribution is 2.00. The number of hydrogen-bond donors (Lipinski definition) is 3.